The van der Waals surface area contributed by atoms with Crippen LogP contribution in [-0.2, 0) is 30.6 Å². The highest BCUT2D eigenvalue weighted by atomic mass is 32.3. The standard InChI is InChI=1S/C18H15S.C3H2F6O4S2/c1-4-10-16(11-5-1)19(17-12-6-2-7-13-17)18-14-8-3-9-15-18;4-2(5,6)14(10,11)1-15(12,13)3(7,8)9/h1-15H;1H2/q+1;. The fourth-order valence-corrected chi connectivity index (χ4v) is 7.22. The molecule has 3 rings (SSSR count). The number of hydrogen-bond acceptors (Lipinski definition) is 4. The van der Waals surface area contributed by atoms with Crippen molar-refractivity contribution in [1.29, 1.82) is 0 Å². The van der Waals surface area contributed by atoms with E-state index in [1.54, 1.807) is 0 Å². The van der Waals surface area contributed by atoms with Crippen molar-refractivity contribution < 1.29 is 43.2 Å². The van der Waals surface area contributed by atoms with Gasteiger partial charge in [-0.25, -0.2) is 16.8 Å². The van der Waals surface area contributed by atoms with E-state index in [0.29, 0.717) is 0 Å². The zero-order valence-electron chi connectivity index (χ0n) is 17.0. The first-order valence-corrected chi connectivity index (χ1v) is 13.7. The molecule has 0 fully saturated rings. The third kappa shape index (κ3) is 7.24. The van der Waals surface area contributed by atoms with Crippen LogP contribution in [0.3, 0.4) is 0 Å². The van der Waals surface area contributed by atoms with Gasteiger partial charge in [-0.1, -0.05) is 54.6 Å². The van der Waals surface area contributed by atoms with Crippen LogP contribution in [0.2, 0.25) is 0 Å². The topological polar surface area (TPSA) is 68.3 Å². The fraction of sp³-hybridized carbons (Fsp3) is 0.143. The molecule has 0 spiro atoms. The van der Waals surface area contributed by atoms with Gasteiger partial charge in [-0.15, -0.1) is 0 Å². The van der Waals surface area contributed by atoms with Crippen LogP contribution >= 0.6 is 0 Å². The molecule has 3 aromatic carbocycles. The van der Waals surface area contributed by atoms with Gasteiger partial charge in [0.1, 0.15) is 0 Å². The van der Waals surface area contributed by atoms with Crippen molar-refractivity contribution in [3.8, 4) is 0 Å². The molecule has 4 nitrogen and oxygen atoms in total. The quantitative estimate of drug-likeness (QED) is 0.311. The van der Waals surface area contributed by atoms with Gasteiger partial charge in [0.05, 0.1) is 10.9 Å². The van der Waals surface area contributed by atoms with Crippen molar-refractivity contribution in [3.05, 3.63) is 91.0 Å². The first kappa shape index (κ1) is 27.7. The van der Waals surface area contributed by atoms with Crippen molar-refractivity contribution in [2.24, 2.45) is 0 Å². The summed E-state index contributed by atoms with van der Waals surface area (Å²) in [5, 5.41) is -3.03. The lowest BCUT2D eigenvalue weighted by Gasteiger charge is -2.10. The summed E-state index contributed by atoms with van der Waals surface area (Å²) in [6.45, 7) is 0. The molecular weight excluding hydrogens is 526 g/mol. The van der Waals surface area contributed by atoms with E-state index in [2.05, 4.69) is 91.0 Å². The van der Waals surface area contributed by atoms with Gasteiger partial charge >= 0.3 is 11.0 Å². The molecule has 0 atom stereocenters. The molecule has 184 valence electrons. The number of benzene rings is 3. The van der Waals surface area contributed by atoms with Crippen LogP contribution in [0.5, 0.6) is 0 Å². The van der Waals surface area contributed by atoms with E-state index in [1.165, 1.54) is 14.7 Å². The smallest absolute Gasteiger partial charge is 0.218 e. The van der Waals surface area contributed by atoms with Gasteiger partial charge in [-0.2, -0.15) is 26.3 Å². The summed E-state index contributed by atoms with van der Waals surface area (Å²) in [7, 11) is -12.7. The lowest BCUT2D eigenvalue weighted by atomic mass is 10.4. The summed E-state index contributed by atoms with van der Waals surface area (Å²) < 4.78 is 110. The number of hydrogen-bond donors (Lipinski definition) is 0. The summed E-state index contributed by atoms with van der Waals surface area (Å²) in [4.78, 5) is 4.08. The molecule has 0 unspecified atom stereocenters. The molecule has 0 amide bonds. The van der Waals surface area contributed by atoms with Crippen LogP contribution in [-0.4, -0.2) is 32.9 Å². The van der Waals surface area contributed by atoms with E-state index in [9.17, 15) is 43.2 Å². The third-order valence-corrected chi connectivity index (χ3v) is 10.1. The highest BCUT2D eigenvalue weighted by Gasteiger charge is 2.55. The van der Waals surface area contributed by atoms with Gasteiger partial charge in [0, 0.05) is 0 Å². The van der Waals surface area contributed by atoms with Crippen molar-refractivity contribution in [3.63, 3.8) is 0 Å². The molecule has 3 aromatic rings. The first-order valence-electron chi connectivity index (χ1n) is 9.13. The van der Waals surface area contributed by atoms with E-state index in [1.807, 2.05) is 0 Å². The Morgan fingerprint density at radius 3 is 0.941 bits per heavy atom. The Hall–Kier alpha value is -2.51. The summed E-state index contributed by atoms with van der Waals surface area (Å²) in [5.74, 6) is 0. The van der Waals surface area contributed by atoms with Crippen LogP contribution in [0.4, 0.5) is 26.3 Å². The molecule has 0 aliphatic rings. The van der Waals surface area contributed by atoms with E-state index in [-0.39, 0.29) is 10.9 Å². The van der Waals surface area contributed by atoms with Crippen LogP contribution in [0, 0.1) is 0 Å². The minimum absolute atomic E-state index is 0.0146. The Bertz CT molecular complexity index is 1120. The molecule has 0 aromatic heterocycles. The number of sulfone groups is 2. The molecule has 0 saturated heterocycles. The van der Waals surface area contributed by atoms with E-state index in [0.717, 1.165) is 0 Å². The van der Waals surface area contributed by atoms with Crippen LogP contribution < -0.4 is 0 Å². The van der Waals surface area contributed by atoms with Gasteiger partial charge in [0.15, 0.2) is 19.8 Å². The van der Waals surface area contributed by atoms with Crippen molar-refractivity contribution in [2.75, 3.05) is 5.08 Å². The first-order chi connectivity index (χ1) is 15.7. The van der Waals surface area contributed by atoms with Crippen molar-refractivity contribution >= 4 is 30.6 Å². The molecular formula is C21H17F6O4S3+. The second-order valence-electron chi connectivity index (χ2n) is 6.48. The fourth-order valence-electron chi connectivity index (χ4n) is 2.42. The lowest BCUT2D eigenvalue weighted by Crippen LogP contribution is -2.36. The number of rotatable bonds is 5. The van der Waals surface area contributed by atoms with Gasteiger partial charge in [0.25, 0.3) is 19.7 Å². The Kier molecular flexibility index (Phi) is 8.83. The number of halogens is 6. The zero-order valence-corrected chi connectivity index (χ0v) is 19.4. The lowest BCUT2D eigenvalue weighted by molar-refractivity contribution is -0.0456. The highest BCUT2D eigenvalue weighted by molar-refractivity contribution is 8.08. The molecule has 0 aliphatic carbocycles. The van der Waals surface area contributed by atoms with Crippen molar-refractivity contribution in [2.45, 2.75) is 25.7 Å². The second kappa shape index (κ2) is 10.8. The van der Waals surface area contributed by atoms with Gasteiger partial charge in [-0.05, 0) is 36.4 Å². The molecule has 0 heterocycles. The van der Waals surface area contributed by atoms with Gasteiger partial charge in [-0.3, -0.25) is 0 Å². The van der Waals surface area contributed by atoms with Crippen molar-refractivity contribution in [1.82, 2.24) is 0 Å². The second-order valence-corrected chi connectivity index (χ2v) is 12.8. The van der Waals surface area contributed by atoms with Crippen LogP contribution in [0.25, 0.3) is 0 Å². The summed E-state index contributed by atoms with van der Waals surface area (Å²) in [6.07, 6.45) is 0. The van der Waals surface area contributed by atoms with E-state index >= 15 is 0 Å². The molecule has 34 heavy (non-hydrogen) atoms. The largest absolute Gasteiger partial charge is 0.498 e. The zero-order chi connectivity index (χ0) is 25.6. The normalized spacial score (nSPS) is 12.7. The minimum Gasteiger partial charge on any atom is -0.218 e. The third-order valence-electron chi connectivity index (χ3n) is 3.95. The van der Waals surface area contributed by atoms with Gasteiger partial charge < -0.3 is 0 Å². The Labute approximate surface area is 195 Å². The van der Waals surface area contributed by atoms with E-state index < -0.39 is 35.8 Å². The predicted octanol–water partition coefficient (Wildman–Crippen LogP) is 5.60. The summed E-state index contributed by atoms with van der Waals surface area (Å²) in [6, 6.07) is 32.2. The van der Waals surface area contributed by atoms with Crippen LogP contribution in [0.15, 0.2) is 106 Å². The minimum atomic E-state index is -6.35. The SMILES string of the molecule is O=S(=O)(CS(=O)(=O)C(F)(F)F)C(F)(F)F.c1ccc([S+](c2ccccc2)c2ccccc2)cc1. The summed E-state index contributed by atoms with van der Waals surface area (Å²) in [5.41, 5.74) is -12.1. The Morgan fingerprint density at radius 1 is 0.500 bits per heavy atom. The monoisotopic (exact) mass is 543 g/mol. The van der Waals surface area contributed by atoms with Crippen LogP contribution in [0.1, 0.15) is 0 Å². The molecule has 0 bridgehead atoms. The summed E-state index contributed by atoms with van der Waals surface area (Å²) >= 11 is 0. The average molecular weight is 544 g/mol. The maximum Gasteiger partial charge on any atom is 0.498 e. The number of alkyl halides is 6. The average Bonchev–Trinajstić information content (AvgIpc) is 2.74. The molecule has 0 saturated carbocycles. The maximum atomic E-state index is 11.5. The molecule has 0 N–H and O–H groups in total. The molecule has 0 aliphatic heterocycles. The van der Waals surface area contributed by atoms with Gasteiger partial charge in [0.2, 0.25) is 0 Å². The molecule has 13 heteroatoms. The Balaban J connectivity index is 0.000000249. The molecule has 0 radical (unpaired) electrons. The Morgan fingerprint density at radius 2 is 0.735 bits per heavy atom. The maximum absolute atomic E-state index is 11.5. The van der Waals surface area contributed by atoms with E-state index in [4.69, 9.17) is 0 Å². The highest BCUT2D eigenvalue weighted by Crippen LogP contribution is 2.31. The predicted molar refractivity (Wildman–Crippen MR) is 116 cm³/mol.